The van der Waals surface area contributed by atoms with Crippen LogP contribution in [0.2, 0.25) is 0 Å². The maximum atomic E-state index is 12.2. The molecule has 6 rings (SSSR count). The van der Waals surface area contributed by atoms with E-state index in [1.54, 1.807) is 19.2 Å². The second-order valence-corrected chi connectivity index (χ2v) is 17.0. The average molecular weight is 1180 g/mol. The van der Waals surface area contributed by atoms with Crippen molar-refractivity contribution in [2.75, 3.05) is 7.11 Å². The molecule has 0 bridgehead atoms. The molecule has 0 heterocycles. The molecule has 0 unspecified atom stereocenters. The normalized spacial score (nSPS) is 10.2. The van der Waals surface area contributed by atoms with Crippen LogP contribution in [0.1, 0.15) is 95.2 Å². The highest BCUT2D eigenvalue weighted by Crippen LogP contribution is 2.29. The van der Waals surface area contributed by atoms with Gasteiger partial charge in [0.05, 0.1) is 12.7 Å². The number of alkyl halides is 9. The molecule has 0 saturated heterocycles. The molecule has 11 heteroatoms. The van der Waals surface area contributed by atoms with Crippen molar-refractivity contribution in [1.82, 2.24) is 0 Å². The fourth-order valence-electron chi connectivity index (χ4n) is 5.31. The molecule has 6 aromatic carbocycles. The minimum Gasteiger partial charge on any atom is -0.497 e. The Morgan fingerprint density at radius 2 is 0.906 bits per heavy atom. The van der Waals surface area contributed by atoms with Crippen molar-refractivity contribution in [3.8, 4) is 5.75 Å². The van der Waals surface area contributed by atoms with Gasteiger partial charge >= 0.3 is 6.18 Å². The largest absolute Gasteiger partial charge is 0.497 e. The van der Waals surface area contributed by atoms with Crippen molar-refractivity contribution in [1.29, 1.82) is 0 Å². The van der Waals surface area contributed by atoms with Crippen molar-refractivity contribution >= 4 is 86.9 Å². The highest BCUT2D eigenvalue weighted by molar-refractivity contribution is 9.09. The Labute approximate surface area is 424 Å². The quantitative estimate of drug-likeness (QED) is 0.0827. The fraction of sp³-hybridized carbons (Fsp3) is 0.321. The van der Waals surface area contributed by atoms with E-state index in [-0.39, 0.29) is 5.82 Å². The zero-order chi connectivity index (χ0) is 47.6. The minimum atomic E-state index is -4.23. The van der Waals surface area contributed by atoms with Gasteiger partial charge in [-0.15, -0.1) is 23.2 Å². The lowest BCUT2D eigenvalue weighted by atomic mass is 10.0. The molecule has 0 aliphatic rings. The first-order chi connectivity index (χ1) is 30.8. The molecule has 0 atom stereocenters. The van der Waals surface area contributed by atoms with Crippen molar-refractivity contribution in [2.24, 2.45) is 0 Å². The summed E-state index contributed by atoms with van der Waals surface area (Å²) in [7, 11) is 1.67. The first-order valence-electron chi connectivity index (χ1n) is 20.9. The number of methoxy groups -OCH3 is 1. The van der Waals surface area contributed by atoms with Gasteiger partial charge in [0.15, 0.2) is 0 Å². The summed E-state index contributed by atoms with van der Waals surface area (Å²) in [5, 5.41) is 3.22. The zero-order valence-electron chi connectivity index (χ0n) is 37.0. The number of unbranched alkanes of at least 4 members (excludes halogenated alkanes) is 2. The summed E-state index contributed by atoms with van der Waals surface area (Å²) in [6, 6.07) is 44.8. The standard InChI is InChI=1S/2C11H15Cl.C8H6BrF3.C8H9BrO.C8H9Br.C7H6BrF/c1-2-3-6-10-7-4-5-8-11(10)9-12;1-2-3-4-10-5-7-11(9-12)8-6-10;9-5-6-1-3-7(4-2-6)8(10,11)12;1-10-8-4-2-7(6-9)3-5-8;1-7-4-2-3-5-8(7)6-9;8-5-6-1-3-7(9)4-2-6/h4-5,7-8H,2-3,6,9H2,1H3;5-8H,2-4,9H2,1H3;1-4H,5H2;2-5H,6H2,1H3;2-5H,6H2,1H3;1-4H,5H2. The summed E-state index contributed by atoms with van der Waals surface area (Å²) in [6.45, 7) is 6.55. The Kier molecular flexibility index (Phi) is 33.8. The van der Waals surface area contributed by atoms with Gasteiger partial charge in [-0.2, -0.15) is 13.2 Å². The van der Waals surface area contributed by atoms with Gasteiger partial charge in [-0.05, 0) is 119 Å². The number of hydrogen-bond donors (Lipinski definition) is 0. The van der Waals surface area contributed by atoms with Crippen molar-refractivity contribution < 1.29 is 22.3 Å². The summed E-state index contributed by atoms with van der Waals surface area (Å²) < 4.78 is 53.2. The predicted molar refractivity (Wildman–Crippen MR) is 282 cm³/mol. The van der Waals surface area contributed by atoms with Crippen LogP contribution < -0.4 is 4.74 Å². The molecule has 6 aromatic rings. The van der Waals surface area contributed by atoms with Gasteiger partial charge in [0.25, 0.3) is 0 Å². The van der Waals surface area contributed by atoms with Crippen LogP contribution in [0, 0.1) is 12.7 Å². The summed E-state index contributed by atoms with van der Waals surface area (Å²) >= 11 is 24.7. The molecule has 1 nitrogen and oxygen atoms in total. The maximum Gasteiger partial charge on any atom is 0.416 e. The van der Waals surface area contributed by atoms with Crippen LogP contribution in [0.3, 0.4) is 0 Å². The Hall–Kier alpha value is -2.66. The van der Waals surface area contributed by atoms with Crippen LogP contribution in [-0.4, -0.2) is 7.11 Å². The van der Waals surface area contributed by atoms with Gasteiger partial charge < -0.3 is 4.74 Å². The number of halogens is 10. The van der Waals surface area contributed by atoms with E-state index in [9.17, 15) is 17.6 Å². The van der Waals surface area contributed by atoms with Gasteiger partial charge in [0.1, 0.15) is 11.6 Å². The Bertz CT molecular complexity index is 2020. The van der Waals surface area contributed by atoms with E-state index in [0.717, 1.165) is 45.0 Å². The minimum absolute atomic E-state index is 0.181. The third kappa shape index (κ3) is 26.5. The number of hydrogen-bond acceptors (Lipinski definition) is 1. The van der Waals surface area contributed by atoms with Crippen LogP contribution in [0.25, 0.3) is 0 Å². The van der Waals surface area contributed by atoms with Gasteiger partial charge in [0, 0.05) is 33.1 Å². The van der Waals surface area contributed by atoms with Crippen molar-refractivity contribution in [2.45, 2.75) is 98.6 Å². The van der Waals surface area contributed by atoms with Crippen molar-refractivity contribution in [3.05, 3.63) is 207 Å². The molecule has 0 aliphatic carbocycles. The topological polar surface area (TPSA) is 9.23 Å². The van der Waals surface area contributed by atoms with Gasteiger partial charge in [-0.3, -0.25) is 0 Å². The zero-order valence-corrected chi connectivity index (χ0v) is 44.9. The van der Waals surface area contributed by atoms with E-state index in [2.05, 4.69) is 151 Å². The molecule has 0 aromatic heterocycles. The van der Waals surface area contributed by atoms with Crippen molar-refractivity contribution in [3.63, 3.8) is 0 Å². The lowest BCUT2D eigenvalue weighted by Crippen LogP contribution is -2.04. The van der Waals surface area contributed by atoms with E-state index in [4.69, 9.17) is 27.9 Å². The van der Waals surface area contributed by atoms with Crippen LogP contribution >= 0.6 is 86.9 Å². The summed E-state index contributed by atoms with van der Waals surface area (Å²) in [6.07, 6.45) is 3.17. The molecule has 0 fully saturated rings. The summed E-state index contributed by atoms with van der Waals surface area (Å²) in [5.74, 6) is 1.98. The predicted octanol–water partition coefficient (Wildman–Crippen LogP) is 19.3. The number of ether oxygens (including phenoxy) is 1. The third-order valence-corrected chi connectivity index (χ3v) is 12.4. The smallest absolute Gasteiger partial charge is 0.416 e. The molecule has 348 valence electrons. The Morgan fingerprint density at radius 1 is 0.484 bits per heavy atom. The highest BCUT2D eigenvalue weighted by Gasteiger charge is 2.29. The third-order valence-electron chi connectivity index (χ3n) is 9.28. The van der Waals surface area contributed by atoms with E-state index in [1.807, 2.05) is 30.3 Å². The molecular weight excluding hydrogens is 1120 g/mol. The average Bonchev–Trinajstić information content (AvgIpc) is 3.34. The molecule has 64 heavy (non-hydrogen) atoms. The van der Waals surface area contributed by atoms with E-state index in [0.29, 0.717) is 17.1 Å². The van der Waals surface area contributed by atoms with Crippen LogP contribution in [0.4, 0.5) is 17.6 Å². The van der Waals surface area contributed by atoms with Gasteiger partial charge in [-0.1, -0.05) is 200 Å². The van der Waals surface area contributed by atoms with E-state index in [1.165, 1.54) is 102 Å². The monoisotopic (exact) mass is 1170 g/mol. The molecule has 0 spiro atoms. The molecule has 0 aliphatic heterocycles. The first-order valence-corrected chi connectivity index (χ1v) is 26.5. The lowest BCUT2D eigenvalue weighted by molar-refractivity contribution is -0.137. The fourth-order valence-corrected chi connectivity index (χ4v) is 7.50. The summed E-state index contributed by atoms with van der Waals surface area (Å²) in [5.41, 5.74) is 10.6. The Morgan fingerprint density at radius 3 is 1.31 bits per heavy atom. The maximum absolute atomic E-state index is 12.2. The molecule has 0 radical (unpaired) electrons. The first kappa shape index (κ1) is 59.4. The van der Waals surface area contributed by atoms with E-state index >= 15 is 0 Å². The van der Waals surface area contributed by atoms with Gasteiger partial charge in [-0.25, -0.2) is 4.39 Å². The van der Waals surface area contributed by atoms with E-state index < -0.39 is 11.7 Å². The lowest BCUT2D eigenvalue weighted by Gasteiger charge is -2.05. The van der Waals surface area contributed by atoms with Crippen LogP contribution in [0.5, 0.6) is 5.75 Å². The molecule has 0 amide bonds. The second kappa shape index (κ2) is 36.5. The van der Waals surface area contributed by atoms with Gasteiger partial charge in [0.2, 0.25) is 0 Å². The van der Waals surface area contributed by atoms with Crippen LogP contribution in [0.15, 0.2) is 146 Å². The SMILES string of the molecule is CCCCc1ccc(CCl)cc1.CCCCc1ccccc1CCl.COc1ccc(CBr)cc1.Cc1ccccc1CBr.FC(F)(F)c1ccc(CBr)cc1.Fc1ccc(CBr)cc1. The second-order valence-electron chi connectivity index (χ2n) is 14.2. The molecule has 0 N–H and O–H groups in total. The number of rotatable bonds is 13. The molecular formula is C53H60Br4Cl2F4O. The highest BCUT2D eigenvalue weighted by atomic mass is 79.9. The number of aryl methyl sites for hydroxylation is 3. The van der Waals surface area contributed by atoms with Crippen LogP contribution in [-0.2, 0) is 52.1 Å². The Balaban J connectivity index is 0.000000386. The summed E-state index contributed by atoms with van der Waals surface area (Å²) in [4.78, 5) is 0. The number of benzene rings is 6. The molecule has 0 saturated carbocycles.